The van der Waals surface area contributed by atoms with Crippen molar-refractivity contribution in [2.24, 2.45) is 0 Å². The number of benzene rings is 1. The third-order valence-electron chi connectivity index (χ3n) is 3.68. The molecule has 0 fully saturated rings. The second-order valence-corrected chi connectivity index (χ2v) is 5.47. The van der Waals surface area contributed by atoms with Crippen LogP contribution < -0.4 is 15.6 Å². The number of rotatable bonds is 7. The van der Waals surface area contributed by atoms with Gasteiger partial charge in [0.2, 0.25) is 5.91 Å². The molecule has 0 aliphatic heterocycles. The molecule has 9 heteroatoms. The molecular weight excluding hydrogens is 336 g/mol. The summed E-state index contributed by atoms with van der Waals surface area (Å²) in [5.74, 6) is 1.09. The van der Waals surface area contributed by atoms with Gasteiger partial charge in [-0.1, -0.05) is 12.1 Å². The molecule has 0 radical (unpaired) electrons. The summed E-state index contributed by atoms with van der Waals surface area (Å²) >= 11 is 0. The molecule has 2 heterocycles. The number of carbonyl (C=O) groups excluding carboxylic acids is 1. The maximum atomic E-state index is 12.0. The predicted molar refractivity (Wildman–Crippen MR) is 93.1 cm³/mol. The molecule has 3 rings (SSSR count). The minimum absolute atomic E-state index is 0.129. The molecule has 2 aromatic heterocycles. The average molecular weight is 354 g/mol. The molecule has 1 amide bonds. The maximum absolute atomic E-state index is 12.0. The van der Waals surface area contributed by atoms with Crippen LogP contribution in [0.3, 0.4) is 0 Å². The molecule has 9 nitrogen and oxygen atoms in total. The summed E-state index contributed by atoms with van der Waals surface area (Å²) < 4.78 is 7.82. The Bertz CT molecular complexity index is 918. The summed E-state index contributed by atoms with van der Waals surface area (Å²) in [4.78, 5) is 27.8. The number of nitrogens with one attached hydrogen (secondary N) is 1. The Morgan fingerprint density at radius 2 is 2.00 bits per heavy atom. The highest BCUT2D eigenvalue weighted by molar-refractivity contribution is 5.78. The summed E-state index contributed by atoms with van der Waals surface area (Å²) in [6.07, 6.45) is 3.13. The molecule has 0 atom stereocenters. The quantitative estimate of drug-likeness (QED) is 0.650. The zero-order valence-corrected chi connectivity index (χ0v) is 14.2. The van der Waals surface area contributed by atoms with Gasteiger partial charge in [0.15, 0.2) is 5.82 Å². The second-order valence-electron chi connectivity index (χ2n) is 5.47. The van der Waals surface area contributed by atoms with Crippen LogP contribution in [0, 0.1) is 0 Å². The summed E-state index contributed by atoms with van der Waals surface area (Å²) in [5, 5.41) is 11.0. The van der Waals surface area contributed by atoms with Gasteiger partial charge in [-0.3, -0.25) is 9.59 Å². The fourth-order valence-corrected chi connectivity index (χ4v) is 2.34. The van der Waals surface area contributed by atoms with Crippen molar-refractivity contribution in [1.29, 1.82) is 0 Å². The van der Waals surface area contributed by atoms with Crippen LogP contribution in [0.1, 0.15) is 5.56 Å². The average Bonchev–Trinajstić information content (AvgIpc) is 3.18. The number of ether oxygens (including phenoxy) is 1. The molecule has 0 unspecified atom stereocenters. The van der Waals surface area contributed by atoms with E-state index in [2.05, 4.69) is 20.5 Å². The Morgan fingerprint density at radius 3 is 2.69 bits per heavy atom. The van der Waals surface area contributed by atoms with Crippen molar-refractivity contribution < 1.29 is 9.53 Å². The van der Waals surface area contributed by atoms with Crippen LogP contribution in [0.5, 0.6) is 5.75 Å². The van der Waals surface area contributed by atoms with Crippen LogP contribution >= 0.6 is 0 Å². The molecule has 0 saturated heterocycles. The summed E-state index contributed by atoms with van der Waals surface area (Å²) in [5.41, 5.74) is 0.630. The van der Waals surface area contributed by atoms with Gasteiger partial charge in [0.05, 0.1) is 20.1 Å². The van der Waals surface area contributed by atoms with Crippen LogP contribution in [-0.2, 0) is 17.8 Å². The van der Waals surface area contributed by atoms with Gasteiger partial charge in [-0.2, -0.15) is 5.10 Å². The lowest BCUT2D eigenvalue weighted by Gasteiger charge is -2.08. The number of amides is 1. The summed E-state index contributed by atoms with van der Waals surface area (Å²) in [6, 6.07) is 10.3. The summed E-state index contributed by atoms with van der Waals surface area (Å²) in [7, 11) is 1.59. The fourth-order valence-electron chi connectivity index (χ4n) is 2.34. The Morgan fingerprint density at radius 1 is 1.19 bits per heavy atom. The highest BCUT2D eigenvalue weighted by Gasteiger charge is 2.06. The van der Waals surface area contributed by atoms with Gasteiger partial charge >= 0.3 is 0 Å². The van der Waals surface area contributed by atoms with Crippen molar-refractivity contribution in [2.45, 2.75) is 13.0 Å². The van der Waals surface area contributed by atoms with Crippen LogP contribution in [-0.4, -0.2) is 44.1 Å². The largest absolute Gasteiger partial charge is 0.497 e. The Hall–Kier alpha value is -3.49. The molecule has 0 aliphatic carbocycles. The number of methoxy groups -OCH3 is 1. The van der Waals surface area contributed by atoms with Gasteiger partial charge in [-0.05, 0) is 23.8 Å². The monoisotopic (exact) mass is 354 g/mol. The lowest BCUT2D eigenvalue weighted by atomic mass is 10.1. The van der Waals surface area contributed by atoms with E-state index in [1.807, 2.05) is 24.3 Å². The highest BCUT2D eigenvalue weighted by atomic mass is 16.5. The van der Waals surface area contributed by atoms with Crippen molar-refractivity contribution >= 4 is 5.91 Å². The van der Waals surface area contributed by atoms with Crippen molar-refractivity contribution in [3.05, 3.63) is 65.0 Å². The van der Waals surface area contributed by atoms with Crippen LogP contribution in [0.15, 0.2) is 53.8 Å². The van der Waals surface area contributed by atoms with E-state index in [9.17, 15) is 9.59 Å². The Balaban J connectivity index is 1.54. The number of carbonyl (C=O) groups is 1. The second kappa shape index (κ2) is 8.06. The Kier molecular flexibility index (Phi) is 5.37. The smallest absolute Gasteiger partial charge is 0.266 e. The highest BCUT2D eigenvalue weighted by Crippen LogP contribution is 2.11. The van der Waals surface area contributed by atoms with E-state index in [0.29, 0.717) is 12.4 Å². The van der Waals surface area contributed by atoms with E-state index < -0.39 is 0 Å². The van der Waals surface area contributed by atoms with Crippen molar-refractivity contribution in [3.63, 3.8) is 0 Å². The molecule has 0 bridgehead atoms. The minimum Gasteiger partial charge on any atom is -0.497 e. The van der Waals surface area contributed by atoms with Crippen molar-refractivity contribution in [3.8, 4) is 11.6 Å². The van der Waals surface area contributed by atoms with Gasteiger partial charge < -0.3 is 10.1 Å². The van der Waals surface area contributed by atoms with E-state index in [-0.39, 0.29) is 24.4 Å². The molecule has 3 aromatic rings. The van der Waals surface area contributed by atoms with Gasteiger partial charge in [-0.15, -0.1) is 5.10 Å². The first-order valence-electron chi connectivity index (χ1n) is 7.98. The van der Waals surface area contributed by atoms with Gasteiger partial charge in [-0.25, -0.2) is 14.3 Å². The number of hydrogen-bond donors (Lipinski definition) is 1. The van der Waals surface area contributed by atoms with Crippen molar-refractivity contribution in [1.82, 2.24) is 29.9 Å². The van der Waals surface area contributed by atoms with Gasteiger partial charge in [0.1, 0.15) is 18.4 Å². The number of aromatic nitrogens is 5. The molecule has 0 saturated carbocycles. The van der Waals surface area contributed by atoms with E-state index in [1.165, 1.54) is 28.1 Å². The normalized spacial score (nSPS) is 10.5. The molecule has 134 valence electrons. The lowest BCUT2D eigenvalue weighted by molar-refractivity contribution is -0.120. The van der Waals surface area contributed by atoms with Gasteiger partial charge in [0.25, 0.3) is 5.56 Å². The van der Waals surface area contributed by atoms with Crippen LogP contribution in [0.2, 0.25) is 0 Å². The molecular formula is C17H18N6O3. The van der Waals surface area contributed by atoms with Crippen LogP contribution in [0.25, 0.3) is 5.82 Å². The SMILES string of the molecule is COc1ccc(CC(=O)NCCn2nc(-n3cncn3)ccc2=O)cc1. The van der Waals surface area contributed by atoms with E-state index in [4.69, 9.17) is 4.74 Å². The number of hydrogen-bond acceptors (Lipinski definition) is 6. The lowest BCUT2D eigenvalue weighted by Crippen LogP contribution is -2.33. The van der Waals surface area contributed by atoms with Crippen molar-refractivity contribution in [2.75, 3.05) is 13.7 Å². The minimum atomic E-state index is -0.252. The first kappa shape index (κ1) is 17.3. The molecule has 1 N–H and O–H groups in total. The first-order valence-corrected chi connectivity index (χ1v) is 7.98. The molecule has 0 aliphatic rings. The molecule has 1 aromatic carbocycles. The zero-order valence-electron chi connectivity index (χ0n) is 14.2. The fraction of sp³-hybridized carbons (Fsp3) is 0.235. The predicted octanol–water partition coefficient (Wildman–Crippen LogP) is 0.191. The molecule has 26 heavy (non-hydrogen) atoms. The van der Waals surface area contributed by atoms with E-state index in [1.54, 1.807) is 13.2 Å². The third kappa shape index (κ3) is 4.32. The zero-order chi connectivity index (χ0) is 18.4. The van der Waals surface area contributed by atoms with E-state index >= 15 is 0 Å². The third-order valence-corrected chi connectivity index (χ3v) is 3.68. The first-order chi connectivity index (χ1) is 12.7. The Labute approximate surface area is 149 Å². The topological polar surface area (TPSA) is 104 Å². The number of nitrogens with zero attached hydrogens (tertiary/aromatic N) is 5. The summed E-state index contributed by atoms with van der Waals surface area (Å²) in [6.45, 7) is 0.554. The maximum Gasteiger partial charge on any atom is 0.266 e. The molecule has 0 spiro atoms. The van der Waals surface area contributed by atoms with E-state index in [0.717, 1.165) is 11.3 Å². The van der Waals surface area contributed by atoms with Gasteiger partial charge in [0, 0.05) is 12.6 Å². The standard InChI is InChI=1S/C17H18N6O3/c1-26-14-4-2-13(3-5-14)10-16(24)19-8-9-22-17(25)7-6-15(21-22)23-12-18-11-20-23/h2-7,11-12H,8-10H2,1H3,(H,19,24). The van der Waals surface area contributed by atoms with Crippen LogP contribution in [0.4, 0.5) is 0 Å².